The van der Waals surface area contributed by atoms with Gasteiger partial charge < -0.3 is 9.47 Å². The van der Waals surface area contributed by atoms with Gasteiger partial charge in [0.25, 0.3) is 0 Å². The van der Waals surface area contributed by atoms with E-state index in [1.165, 1.54) is 0 Å². The van der Waals surface area contributed by atoms with Crippen molar-refractivity contribution in [2.45, 2.75) is 20.3 Å². The molecule has 3 nitrogen and oxygen atoms in total. The molecule has 2 aromatic carbocycles. The number of benzene rings is 2. The SMILES string of the molecule is CCc1ccc(OC(=O)c2ccccc2C)c(OC)c1. The minimum atomic E-state index is -0.370. The third-order valence-electron chi connectivity index (χ3n) is 3.20. The lowest BCUT2D eigenvalue weighted by molar-refractivity contribution is 0.0729. The fourth-order valence-corrected chi connectivity index (χ4v) is 1.97. The Bertz CT molecular complexity index is 617. The van der Waals surface area contributed by atoms with Gasteiger partial charge in [-0.1, -0.05) is 31.2 Å². The van der Waals surface area contributed by atoms with Crippen LogP contribution in [0, 0.1) is 6.92 Å². The molecule has 0 aliphatic carbocycles. The molecule has 0 aliphatic heterocycles. The van der Waals surface area contributed by atoms with Crippen molar-refractivity contribution >= 4 is 5.97 Å². The Morgan fingerprint density at radius 1 is 1.10 bits per heavy atom. The summed E-state index contributed by atoms with van der Waals surface area (Å²) in [6.45, 7) is 3.95. The number of esters is 1. The molecule has 0 heterocycles. The van der Waals surface area contributed by atoms with Gasteiger partial charge in [-0.15, -0.1) is 0 Å². The van der Waals surface area contributed by atoms with E-state index in [1.54, 1.807) is 19.2 Å². The number of ether oxygens (including phenoxy) is 2. The molecule has 0 bridgehead atoms. The predicted octanol–water partition coefficient (Wildman–Crippen LogP) is 3.79. The van der Waals surface area contributed by atoms with Crippen molar-refractivity contribution in [2.24, 2.45) is 0 Å². The van der Waals surface area contributed by atoms with E-state index in [4.69, 9.17) is 9.47 Å². The lowest BCUT2D eigenvalue weighted by Gasteiger charge is -2.11. The first-order valence-electron chi connectivity index (χ1n) is 6.60. The molecular weight excluding hydrogens is 252 g/mol. The third-order valence-corrected chi connectivity index (χ3v) is 3.20. The van der Waals surface area contributed by atoms with Crippen molar-refractivity contribution in [2.75, 3.05) is 7.11 Å². The minimum absolute atomic E-state index is 0.370. The van der Waals surface area contributed by atoms with E-state index >= 15 is 0 Å². The van der Waals surface area contributed by atoms with E-state index in [2.05, 4.69) is 6.92 Å². The Morgan fingerprint density at radius 2 is 1.85 bits per heavy atom. The third kappa shape index (κ3) is 2.99. The van der Waals surface area contributed by atoms with Gasteiger partial charge in [-0.05, 0) is 42.7 Å². The van der Waals surface area contributed by atoms with Gasteiger partial charge in [0.1, 0.15) is 0 Å². The minimum Gasteiger partial charge on any atom is -0.493 e. The average Bonchev–Trinajstić information content (AvgIpc) is 2.48. The smallest absolute Gasteiger partial charge is 0.343 e. The van der Waals surface area contributed by atoms with Crippen molar-refractivity contribution in [3.05, 3.63) is 59.2 Å². The molecule has 0 spiro atoms. The maximum Gasteiger partial charge on any atom is 0.343 e. The van der Waals surface area contributed by atoms with Crippen LogP contribution in [-0.4, -0.2) is 13.1 Å². The molecule has 0 radical (unpaired) electrons. The van der Waals surface area contributed by atoms with Gasteiger partial charge in [-0.25, -0.2) is 4.79 Å². The van der Waals surface area contributed by atoms with Gasteiger partial charge in [0.15, 0.2) is 11.5 Å². The maximum absolute atomic E-state index is 12.2. The maximum atomic E-state index is 12.2. The zero-order valence-electron chi connectivity index (χ0n) is 12.0. The summed E-state index contributed by atoms with van der Waals surface area (Å²) >= 11 is 0. The summed E-state index contributed by atoms with van der Waals surface area (Å²) in [6.07, 6.45) is 0.905. The van der Waals surface area contributed by atoms with Crippen molar-refractivity contribution in [1.29, 1.82) is 0 Å². The summed E-state index contributed by atoms with van der Waals surface area (Å²) in [5, 5.41) is 0. The Labute approximate surface area is 119 Å². The monoisotopic (exact) mass is 270 g/mol. The highest BCUT2D eigenvalue weighted by Crippen LogP contribution is 2.29. The molecule has 0 saturated heterocycles. The highest BCUT2D eigenvalue weighted by atomic mass is 16.6. The first kappa shape index (κ1) is 14.1. The van der Waals surface area contributed by atoms with Crippen LogP contribution in [0.1, 0.15) is 28.4 Å². The Hall–Kier alpha value is -2.29. The first-order chi connectivity index (χ1) is 9.65. The van der Waals surface area contributed by atoms with E-state index < -0.39 is 0 Å². The van der Waals surface area contributed by atoms with Crippen LogP contribution < -0.4 is 9.47 Å². The van der Waals surface area contributed by atoms with Crippen molar-refractivity contribution < 1.29 is 14.3 Å². The quantitative estimate of drug-likeness (QED) is 0.626. The number of carbonyl (C=O) groups is 1. The van der Waals surface area contributed by atoms with E-state index in [-0.39, 0.29) is 5.97 Å². The fraction of sp³-hybridized carbons (Fsp3) is 0.235. The predicted molar refractivity (Wildman–Crippen MR) is 78.5 cm³/mol. The van der Waals surface area contributed by atoms with Crippen LogP contribution in [0.5, 0.6) is 11.5 Å². The average molecular weight is 270 g/mol. The summed E-state index contributed by atoms with van der Waals surface area (Å²) in [5.74, 6) is 0.648. The van der Waals surface area contributed by atoms with Crippen molar-refractivity contribution in [3.8, 4) is 11.5 Å². The second-order valence-corrected chi connectivity index (χ2v) is 4.54. The number of methoxy groups -OCH3 is 1. The van der Waals surface area contributed by atoms with Gasteiger partial charge in [0, 0.05) is 0 Å². The van der Waals surface area contributed by atoms with E-state index in [0.29, 0.717) is 17.1 Å². The van der Waals surface area contributed by atoms with Gasteiger partial charge >= 0.3 is 5.97 Å². The molecule has 0 amide bonds. The normalized spacial score (nSPS) is 10.2. The van der Waals surface area contributed by atoms with E-state index in [9.17, 15) is 4.79 Å². The second kappa shape index (κ2) is 6.24. The zero-order chi connectivity index (χ0) is 14.5. The van der Waals surface area contributed by atoms with Crippen molar-refractivity contribution in [1.82, 2.24) is 0 Å². The summed E-state index contributed by atoms with van der Waals surface area (Å²) in [5.41, 5.74) is 2.59. The molecule has 0 atom stereocenters. The van der Waals surface area contributed by atoms with Crippen LogP contribution in [0.15, 0.2) is 42.5 Å². The van der Waals surface area contributed by atoms with Gasteiger partial charge in [0.05, 0.1) is 12.7 Å². The molecule has 104 valence electrons. The summed E-state index contributed by atoms with van der Waals surface area (Å²) in [7, 11) is 1.57. The lowest BCUT2D eigenvalue weighted by atomic mass is 10.1. The fourth-order valence-electron chi connectivity index (χ4n) is 1.97. The molecule has 0 aliphatic rings. The van der Waals surface area contributed by atoms with Crippen LogP contribution in [0.4, 0.5) is 0 Å². The summed E-state index contributed by atoms with van der Waals surface area (Å²) in [4.78, 5) is 12.2. The zero-order valence-corrected chi connectivity index (χ0v) is 12.0. The summed E-state index contributed by atoms with van der Waals surface area (Å²) < 4.78 is 10.7. The number of aryl methyl sites for hydroxylation is 2. The van der Waals surface area contributed by atoms with Gasteiger partial charge in [0.2, 0.25) is 0 Å². The lowest BCUT2D eigenvalue weighted by Crippen LogP contribution is -2.10. The van der Waals surface area contributed by atoms with Gasteiger partial charge in [-0.2, -0.15) is 0 Å². The Morgan fingerprint density at radius 3 is 2.50 bits per heavy atom. The molecule has 20 heavy (non-hydrogen) atoms. The van der Waals surface area contributed by atoms with Crippen LogP contribution in [0.25, 0.3) is 0 Å². The molecule has 3 heteroatoms. The topological polar surface area (TPSA) is 35.5 Å². The number of rotatable bonds is 4. The first-order valence-corrected chi connectivity index (χ1v) is 6.60. The second-order valence-electron chi connectivity index (χ2n) is 4.54. The highest BCUT2D eigenvalue weighted by Gasteiger charge is 2.14. The number of carbonyl (C=O) groups excluding carboxylic acids is 1. The van der Waals surface area contributed by atoms with Gasteiger partial charge in [-0.3, -0.25) is 0 Å². The highest BCUT2D eigenvalue weighted by molar-refractivity contribution is 5.92. The molecule has 0 N–H and O–H groups in total. The summed E-state index contributed by atoms with van der Waals surface area (Å²) in [6, 6.07) is 12.9. The van der Waals surface area contributed by atoms with E-state index in [0.717, 1.165) is 17.5 Å². The molecule has 2 aromatic rings. The Balaban J connectivity index is 2.26. The van der Waals surface area contributed by atoms with Crippen LogP contribution >= 0.6 is 0 Å². The standard InChI is InChI=1S/C17H18O3/c1-4-13-9-10-15(16(11-13)19-3)20-17(18)14-8-6-5-7-12(14)2/h5-11H,4H2,1-3H3. The molecular formula is C17H18O3. The largest absolute Gasteiger partial charge is 0.493 e. The molecule has 0 unspecified atom stereocenters. The molecule has 0 aromatic heterocycles. The van der Waals surface area contributed by atoms with Crippen LogP contribution in [0.2, 0.25) is 0 Å². The molecule has 2 rings (SSSR count). The van der Waals surface area contributed by atoms with Crippen LogP contribution in [0.3, 0.4) is 0 Å². The van der Waals surface area contributed by atoms with E-state index in [1.807, 2.05) is 37.3 Å². The number of hydrogen-bond acceptors (Lipinski definition) is 3. The van der Waals surface area contributed by atoms with Crippen molar-refractivity contribution in [3.63, 3.8) is 0 Å². The Kier molecular flexibility index (Phi) is 4.41. The molecule has 0 saturated carbocycles. The molecule has 0 fully saturated rings. The van der Waals surface area contributed by atoms with Crippen LogP contribution in [-0.2, 0) is 6.42 Å². The number of hydrogen-bond donors (Lipinski definition) is 0.